The third-order valence-corrected chi connectivity index (χ3v) is 7.56. The molecule has 0 fully saturated rings. The molecule has 0 aliphatic carbocycles. The van der Waals surface area contributed by atoms with Gasteiger partial charge in [0.05, 0.1) is 17.1 Å². The van der Waals surface area contributed by atoms with E-state index < -0.39 is 17.6 Å². The van der Waals surface area contributed by atoms with Crippen LogP contribution in [0, 0.1) is 0 Å². The zero-order valence-electron chi connectivity index (χ0n) is 23.8. The van der Waals surface area contributed by atoms with Gasteiger partial charge in [-0.3, -0.25) is 9.59 Å². The number of fused-ring (bicyclic) bond motifs is 1. The van der Waals surface area contributed by atoms with Crippen molar-refractivity contribution < 1.29 is 22.8 Å². The third-order valence-electron chi connectivity index (χ3n) is 7.31. The molecule has 1 atom stereocenters. The van der Waals surface area contributed by atoms with Crippen LogP contribution in [-0.4, -0.2) is 16.8 Å². The van der Waals surface area contributed by atoms with Crippen LogP contribution in [0.15, 0.2) is 103 Å². The van der Waals surface area contributed by atoms with Crippen LogP contribution < -0.4 is 10.6 Å². The molecule has 5 aromatic rings. The Kier molecular flexibility index (Phi) is 9.30. The van der Waals surface area contributed by atoms with E-state index >= 15 is 0 Å². The van der Waals surface area contributed by atoms with E-state index in [-0.39, 0.29) is 11.9 Å². The summed E-state index contributed by atoms with van der Waals surface area (Å²) in [5.41, 5.74) is 2.55. The normalized spacial score (nSPS) is 12.1. The number of benzene rings is 4. The van der Waals surface area contributed by atoms with Crippen molar-refractivity contribution in [2.75, 3.05) is 5.32 Å². The van der Waals surface area contributed by atoms with Crippen LogP contribution in [0.4, 0.5) is 19.0 Å². The van der Waals surface area contributed by atoms with Crippen LogP contribution in [0.5, 0.6) is 0 Å². The fourth-order valence-electron chi connectivity index (χ4n) is 4.96. The van der Waals surface area contributed by atoms with E-state index in [4.69, 9.17) is 11.6 Å². The van der Waals surface area contributed by atoms with Crippen molar-refractivity contribution in [1.82, 2.24) is 10.3 Å². The average Bonchev–Trinajstić information content (AvgIpc) is 3.02. The molecule has 0 aliphatic heterocycles. The fraction of sp³-hybridized carbons (Fsp3) is 0.171. The maximum atomic E-state index is 13.2. The highest BCUT2D eigenvalue weighted by Gasteiger charge is 2.30. The largest absolute Gasteiger partial charge is 0.416 e. The summed E-state index contributed by atoms with van der Waals surface area (Å²) >= 11 is 6.05. The summed E-state index contributed by atoms with van der Waals surface area (Å²) in [6.07, 6.45) is -1.69. The smallest absolute Gasteiger partial charge is 0.345 e. The first-order valence-electron chi connectivity index (χ1n) is 14.2. The third kappa shape index (κ3) is 7.26. The van der Waals surface area contributed by atoms with Crippen LogP contribution >= 0.6 is 11.6 Å². The quantitative estimate of drug-likeness (QED) is 0.173. The Labute approximate surface area is 258 Å². The lowest BCUT2D eigenvalue weighted by Gasteiger charge is -2.19. The van der Waals surface area contributed by atoms with Crippen LogP contribution in [-0.2, 0) is 6.18 Å². The summed E-state index contributed by atoms with van der Waals surface area (Å²) in [7, 11) is 0. The number of nitrogens with zero attached hydrogens (tertiary/aromatic N) is 1. The standard InChI is InChI=1S/C35H29ClF3N3O2/c1-2-3-8-30(23-11-17-27(36)18-12-23)41-33(43)25-13-19-31-24(21-25)14-20-32(40-31)42-34(44)29-7-5-4-6-28(29)22-9-15-26(16-10-22)35(37,38)39/h4-7,9-21,30H,2-3,8H2,1H3,(H,41,43)(H,40,42,44). The molecule has 0 saturated heterocycles. The molecule has 2 amide bonds. The van der Waals surface area contributed by atoms with Gasteiger partial charge < -0.3 is 10.6 Å². The van der Waals surface area contributed by atoms with Crippen LogP contribution in [0.2, 0.25) is 5.02 Å². The van der Waals surface area contributed by atoms with Gasteiger partial charge in [-0.2, -0.15) is 13.2 Å². The van der Waals surface area contributed by atoms with E-state index in [2.05, 4.69) is 22.5 Å². The molecule has 0 aliphatic rings. The molecular formula is C35H29ClF3N3O2. The van der Waals surface area contributed by atoms with Gasteiger partial charge in [-0.15, -0.1) is 0 Å². The number of hydrogen-bond donors (Lipinski definition) is 2. The van der Waals surface area contributed by atoms with E-state index in [0.717, 1.165) is 42.3 Å². The molecule has 224 valence electrons. The molecular weight excluding hydrogens is 587 g/mol. The zero-order valence-corrected chi connectivity index (χ0v) is 24.5. The van der Waals surface area contributed by atoms with Gasteiger partial charge in [-0.05, 0) is 83.8 Å². The number of anilines is 1. The highest BCUT2D eigenvalue weighted by molar-refractivity contribution is 6.30. The first kappa shape index (κ1) is 30.8. The molecule has 1 heterocycles. The molecule has 0 spiro atoms. The Bertz CT molecular complexity index is 1790. The van der Waals surface area contributed by atoms with Crippen LogP contribution in [0.1, 0.15) is 64.1 Å². The predicted octanol–water partition coefficient (Wildman–Crippen LogP) is 9.49. The summed E-state index contributed by atoms with van der Waals surface area (Å²) in [5, 5.41) is 7.28. The number of pyridine rings is 1. The van der Waals surface area contributed by atoms with E-state index in [1.807, 2.05) is 24.3 Å². The first-order chi connectivity index (χ1) is 21.1. The summed E-state index contributed by atoms with van der Waals surface area (Å²) in [4.78, 5) is 31.0. The molecule has 5 nitrogen and oxygen atoms in total. The molecule has 2 N–H and O–H groups in total. The Morgan fingerprint density at radius 3 is 2.30 bits per heavy atom. The maximum absolute atomic E-state index is 13.2. The molecule has 9 heteroatoms. The lowest BCUT2D eigenvalue weighted by molar-refractivity contribution is -0.137. The van der Waals surface area contributed by atoms with Crippen molar-refractivity contribution >= 4 is 40.1 Å². The van der Waals surface area contributed by atoms with Crippen LogP contribution in [0.25, 0.3) is 22.0 Å². The topological polar surface area (TPSA) is 71.1 Å². The van der Waals surface area contributed by atoms with E-state index in [1.165, 1.54) is 12.1 Å². The molecule has 4 aromatic carbocycles. The monoisotopic (exact) mass is 615 g/mol. The van der Waals surface area contributed by atoms with E-state index in [9.17, 15) is 22.8 Å². The van der Waals surface area contributed by atoms with Gasteiger partial charge in [0.1, 0.15) is 5.82 Å². The van der Waals surface area contributed by atoms with Gasteiger partial charge >= 0.3 is 6.18 Å². The predicted molar refractivity (Wildman–Crippen MR) is 168 cm³/mol. The lowest BCUT2D eigenvalue weighted by Crippen LogP contribution is -2.28. The van der Waals surface area contributed by atoms with E-state index in [0.29, 0.717) is 38.6 Å². The van der Waals surface area contributed by atoms with Crippen molar-refractivity contribution in [3.63, 3.8) is 0 Å². The number of nitrogens with one attached hydrogen (secondary N) is 2. The van der Waals surface area contributed by atoms with Gasteiger partial charge in [0, 0.05) is 21.5 Å². The summed E-state index contributed by atoms with van der Waals surface area (Å²) < 4.78 is 39.0. The Morgan fingerprint density at radius 2 is 1.59 bits per heavy atom. The second-order valence-corrected chi connectivity index (χ2v) is 10.8. The van der Waals surface area contributed by atoms with Gasteiger partial charge in [-0.1, -0.05) is 73.8 Å². The number of alkyl halides is 3. The number of amides is 2. The Balaban J connectivity index is 1.32. The fourth-order valence-corrected chi connectivity index (χ4v) is 5.08. The highest BCUT2D eigenvalue weighted by atomic mass is 35.5. The number of carbonyl (C=O) groups is 2. The minimum Gasteiger partial charge on any atom is -0.345 e. The van der Waals surface area contributed by atoms with Crippen molar-refractivity contribution in [1.29, 1.82) is 0 Å². The lowest BCUT2D eigenvalue weighted by atomic mass is 9.98. The number of carbonyl (C=O) groups excluding carboxylic acids is 2. The Morgan fingerprint density at radius 1 is 0.864 bits per heavy atom. The van der Waals surface area contributed by atoms with Crippen LogP contribution in [0.3, 0.4) is 0 Å². The SMILES string of the molecule is CCCCC(NC(=O)c1ccc2nc(NC(=O)c3ccccc3-c3ccc(C(F)(F)F)cc3)ccc2c1)c1ccc(Cl)cc1. The van der Waals surface area contributed by atoms with Crippen molar-refractivity contribution in [3.8, 4) is 11.1 Å². The second-order valence-electron chi connectivity index (χ2n) is 10.4. The van der Waals surface area contributed by atoms with Crippen molar-refractivity contribution in [3.05, 3.63) is 130 Å². The summed E-state index contributed by atoms with van der Waals surface area (Å²) in [5.74, 6) is -0.367. The molecule has 44 heavy (non-hydrogen) atoms. The van der Waals surface area contributed by atoms with E-state index in [1.54, 1.807) is 54.6 Å². The molecule has 0 saturated carbocycles. The first-order valence-corrected chi connectivity index (χ1v) is 14.6. The molecule has 1 aromatic heterocycles. The minimum absolute atomic E-state index is 0.156. The highest BCUT2D eigenvalue weighted by Crippen LogP contribution is 2.32. The number of aromatic nitrogens is 1. The minimum atomic E-state index is -4.45. The molecule has 1 unspecified atom stereocenters. The van der Waals surface area contributed by atoms with Gasteiger partial charge in [0.2, 0.25) is 0 Å². The Hall–Kier alpha value is -4.69. The molecule has 0 bridgehead atoms. The van der Waals surface area contributed by atoms with Gasteiger partial charge in [0.15, 0.2) is 0 Å². The molecule has 0 radical (unpaired) electrons. The number of hydrogen-bond acceptors (Lipinski definition) is 3. The van der Waals surface area contributed by atoms with Gasteiger partial charge in [0.25, 0.3) is 11.8 Å². The second kappa shape index (κ2) is 13.3. The maximum Gasteiger partial charge on any atom is 0.416 e. The van der Waals surface area contributed by atoms with Gasteiger partial charge in [-0.25, -0.2) is 4.98 Å². The average molecular weight is 616 g/mol. The molecule has 5 rings (SSSR count). The van der Waals surface area contributed by atoms with Crippen molar-refractivity contribution in [2.24, 2.45) is 0 Å². The number of unbranched alkanes of at least 4 members (excludes halogenated alkanes) is 1. The number of halogens is 4. The number of rotatable bonds is 9. The van der Waals surface area contributed by atoms with Crippen molar-refractivity contribution in [2.45, 2.75) is 38.4 Å². The summed E-state index contributed by atoms with van der Waals surface area (Å²) in [6, 6.07) is 27.2. The summed E-state index contributed by atoms with van der Waals surface area (Å²) in [6.45, 7) is 2.10. The zero-order chi connectivity index (χ0) is 31.3.